The Kier molecular flexibility index (Phi) is 4.05. The van der Waals surface area contributed by atoms with E-state index in [1.165, 1.54) is 16.1 Å². The van der Waals surface area contributed by atoms with Gasteiger partial charge in [-0.15, -0.1) is 0 Å². The summed E-state index contributed by atoms with van der Waals surface area (Å²) in [4.78, 5) is 8.47. The number of fused-ring (bicyclic) bond motifs is 2. The monoisotopic (exact) mass is 387 g/mol. The molecular formula is C23H21N3OS. The van der Waals surface area contributed by atoms with E-state index in [1.54, 1.807) is 7.11 Å². The Morgan fingerprint density at radius 3 is 2.71 bits per heavy atom. The predicted molar refractivity (Wildman–Crippen MR) is 115 cm³/mol. The quantitative estimate of drug-likeness (QED) is 0.438. The molecule has 5 heteroatoms. The van der Waals surface area contributed by atoms with E-state index in [0.29, 0.717) is 0 Å². The van der Waals surface area contributed by atoms with E-state index in [1.807, 2.05) is 30.8 Å². The van der Waals surface area contributed by atoms with E-state index >= 15 is 0 Å². The zero-order valence-electron chi connectivity index (χ0n) is 16.1. The van der Waals surface area contributed by atoms with Gasteiger partial charge in [0.1, 0.15) is 11.1 Å². The van der Waals surface area contributed by atoms with E-state index in [0.717, 1.165) is 28.3 Å². The van der Waals surface area contributed by atoms with Crippen molar-refractivity contribution < 1.29 is 4.74 Å². The molecule has 1 atom stereocenters. The van der Waals surface area contributed by atoms with Gasteiger partial charge in [-0.05, 0) is 49.7 Å². The molecule has 0 saturated heterocycles. The maximum absolute atomic E-state index is 5.70. The third kappa shape index (κ3) is 2.66. The maximum Gasteiger partial charge on any atom is 0.161 e. The van der Waals surface area contributed by atoms with Crippen LogP contribution in [0.1, 0.15) is 22.2 Å². The van der Waals surface area contributed by atoms with Crippen LogP contribution in [-0.4, -0.2) is 16.5 Å². The number of anilines is 2. The summed E-state index contributed by atoms with van der Waals surface area (Å²) in [6, 6.07) is 19.2. The number of benzene rings is 2. The Morgan fingerprint density at radius 2 is 1.86 bits per heavy atom. The molecule has 5 rings (SSSR count). The third-order valence-corrected chi connectivity index (χ3v) is 6.38. The minimum absolute atomic E-state index is 0.0798. The number of aryl methyl sites for hydroxylation is 2. The lowest BCUT2D eigenvalue weighted by molar-refractivity contribution is 0.409. The molecule has 1 aliphatic heterocycles. The van der Waals surface area contributed by atoms with E-state index in [-0.39, 0.29) is 5.37 Å². The number of ether oxygens (including phenoxy) is 1. The Balaban J connectivity index is 1.76. The van der Waals surface area contributed by atoms with Crippen molar-refractivity contribution in [2.24, 2.45) is 0 Å². The fourth-order valence-electron chi connectivity index (χ4n) is 3.85. The maximum atomic E-state index is 5.70. The molecule has 0 radical (unpaired) electrons. The summed E-state index contributed by atoms with van der Waals surface area (Å²) >= 11 is 1.85. The molecule has 0 spiro atoms. The van der Waals surface area contributed by atoms with Crippen molar-refractivity contribution in [2.45, 2.75) is 24.1 Å². The molecule has 1 aliphatic rings. The zero-order valence-corrected chi connectivity index (χ0v) is 16.9. The molecule has 0 bridgehead atoms. The molecule has 0 amide bonds. The van der Waals surface area contributed by atoms with E-state index in [2.05, 4.69) is 71.1 Å². The first-order valence-electron chi connectivity index (χ1n) is 9.29. The molecule has 4 nitrogen and oxygen atoms in total. The molecular weight excluding hydrogens is 366 g/mol. The number of thioether (sulfide) groups is 1. The Morgan fingerprint density at radius 1 is 1.00 bits per heavy atom. The summed E-state index contributed by atoms with van der Waals surface area (Å²) in [6.45, 7) is 4.17. The van der Waals surface area contributed by atoms with Crippen molar-refractivity contribution >= 4 is 28.8 Å². The van der Waals surface area contributed by atoms with Gasteiger partial charge < -0.3 is 14.0 Å². The van der Waals surface area contributed by atoms with Crippen LogP contribution in [-0.2, 0) is 0 Å². The van der Waals surface area contributed by atoms with Gasteiger partial charge >= 0.3 is 0 Å². The molecule has 0 saturated carbocycles. The Hall–Kier alpha value is -2.92. The van der Waals surface area contributed by atoms with Crippen LogP contribution in [0.15, 0.2) is 71.9 Å². The van der Waals surface area contributed by atoms with Gasteiger partial charge in [-0.1, -0.05) is 36.0 Å². The molecule has 4 aromatic rings. The standard InChI is InChI=1S/C23H21N3OS/c1-15-10-11-21-19(13-15)26(18-8-6-12-25-14-16(2)24-22(18)25)23(28-21)17-7-4-5-9-20(17)27-3/h4-14,23H,1-3H3. The minimum atomic E-state index is 0.0798. The number of rotatable bonds is 3. The van der Waals surface area contributed by atoms with Gasteiger partial charge in [-0.3, -0.25) is 0 Å². The minimum Gasteiger partial charge on any atom is -0.496 e. The highest BCUT2D eigenvalue weighted by atomic mass is 32.2. The van der Waals surface area contributed by atoms with Crippen LogP contribution in [0.4, 0.5) is 11.4 Å². The van der Waals surface area contributed by atoms with Crippen molar-refractivity contribution in [3.63, 3.8) is 0 Å². The average molecular weight is 388 g/mol. The smallest absolute Gasteiger partial charge is 0.161 e. The van der Waals surface area contributed by atoms with Gasteiger partial charge in [-0.2, -0.15) is 0 Å². The summed E-state index contributed by atoms with van der Waals surface area (Å²) in [7, 11) is 1.73. The third-order valence-electron chi connectivity index (χ3n) is 5.09. The average Bonchev–Trinajstić information content (AvgIpc) is 3.27. The normalized spacial score (nSPS) is 15.8. The predicted octanol–water partition coefficient (Wildman–Crippen LogP) is 5.90. The van der Waals surface area contributed by atoms with Crippen molar-refractivity contribution in [2.75, 3.05) is 12.0 Å². The molecule has 0 fully saturated rings. The first-order chi connectivity index (χ1) is 13.7. The van der Waals surface area contributed by atoms with Crippen LogP contribution in [0.3, 0.4) is 0 Å². The molecule has 2 aromatic carbocycles. The number of aromatic nitrogens is 2. The van der Waals surface area contributed by atoms with Crippen molar-refractivity contribution in [1.82, 2.24) is 9.38 Å². The lowest BCUT2D eigenvalue weighted by atomic mass is 10.1. The van der Waals surface area contributed by atoms with Crippen molar-refractivity contribution in [3.8, 4) is 5.75 Å². The molecule has 0 aliphatic carbocycles. The summed E-state index contributed by atoms with van der Waals surface area (Å²) in [5.41, 5.74) is 6.70. The van der Waals surface area contributed by atoms with Crippen LogP contribution >= 0.6 is 11.8 Å². The molecule has 0 N–H and O–H groups in total. The summed E-state index contributed by atoms with van der Waals surface area (Å²) in [6.07, 6.45) is 4.12. The van der Waals surface area contributed by atoms with Gasteiger partial charge in [0.25, 0.3) is 0 Å². The topological polar surface area (TPSA) is 29.8 Å². The first-order valence-corrected chi connectivity index (χ1v) is 10.2. The number of methoxy groups -OCH3 is 1. The first kappa shape index (κ1) is 17.2. The second kappa shape index (κ2) is 6.60. The van der Waals surface area contributed by atoms with Gasteiger partial charge in [0.05, 0.1) is 24.2 Å². The fourth-order valence-corrected chi connectivity index (χ4v) is 5.17. The summed E-state index contributed by atoms with van der Waals surface area (Å²) in [5, 5.41) is 0.0798. The van der Waals surface area contributed by atoms with Gasteiger partial charge in [0.2, 0.25) is 0 Å². The highest BCUT2D eigenvalue weighted by Crippen LogP contribution is 2.56. The number of hydrogen-bond acceptors (Lipinski definition) is 4. The lowest BCUT2D eigenvalue weighted by Crippen LogP contribution is -2.19. The second-order valence-corrected chi connectivity index (χ2v) is 8.18. The van der Waals surface area contributed by atoms with Gasteiger partial charge in [-0.25, -0.2) is 4.98 Å². The van der Waals surface area contributed by atoms with Crippen LogP contribution in [0.2, 0.25) is 0 Å². The second-order valence-electron chi connectivity index (χ2n) is 7.06. The highest BCUT2D eigenvalue weighted by molar-refractivity contribution is 8.00. The Bertz CT molecular complexity index is 1180. The zero-order chi connectivity index (χ0) is 19.3. The lowest BCUT2D eigenvalue weighted by Gasteiger charge is -2.28. The SMILES string of the molecule is COc1ccccc1C1Sc2ccc(C)cc2N1c1cccn2cc(C)nc12. The molecule has 28 heavy (non-hydrogen) atoms. The van der Waals surface area contributed by atoms with E-state index < -0.39 is 0 Å². The molecule has 3 heterocycles. The number of nitrogens with zero attached hydrogens (tertiary/aromatic N) is 3. The largest absolute Gasteiger partial charge is 0.496 e. The summed E-state index contributed by atoms with van der Waals surface area (Å²) in [5.74, 6) is 0.904. The summed E-state index contributed by atoms with van der Waals surface area (Å²) < 4.78 is 7.79. The molecule has 1 unspecified atom stereocenters. The van der Waals surface area contributed by atoms with E-state index in [9.17, 15) is 0 Å². The highest BCUT2D eigenvalue weighted by Gasteiger charge is 2.35. The van der Waals surface area contributed by atoms with Crippen LogP contribution in [0.25, 0.3) is 5.65 Å². The number of pyridine rings is 1. The molecule has 140 valence electrons. The molecule has 2 aromatic heterocycles. The van der Waals surface area contributed by atoms with Crippen molar-refractivity contribution in [1.29, 1.82) is 0 Å². The number of para-hydroxylation sites is 1. The van der Waals surface area contributed by atoms with Gasteiger partial charge in [0, 0.05) is 22.9 Å². The number of imidazole rings is 1. The van der Waals surface area contributed by atoms with Crippen LogP contribution in [0, 0.1) is 13.8 Å². The number of hydrogen-bond donors (Lipinski definition) is 0. The van der Waals surface area contributed by atoms with Crippen LogP contribution < -0.4 is 9.64 Å². The Labute approximate surface area is 168 Å². The van der Waals surface area contributed by atoms with Gasteiger partial charge in [0.15, 0.2) is 5.65 Å². The fraction of sp³-hybridized carbons (Fsp3) is 0.174. The van der Waals surface area contributed by atoms with E-state index in [4.69, 9.17) is 9.72 Å². The van der Waals surface area contributed by atoms with Crippen LogP contribution in [0.5, 0.6) is 5.75 Å². The van der Waals surface area contributed by atoms with Crippen molar-refractivity contribution in [3.05, 3.63) is 83.8 Å².